The lowest BCUT2D eigenvalue weighted by atomic mass is 9.92. The van der Waals surface area contributed by atoms with Gasteiger partial charge >= 0.3 is 0 Å². The van der Waals surface area contributed by atoms with Crippen molar-refractivity contribution in [2.24, 2.45) is 5.92 Å². The third-order valence-electron chi connectivity index (χ3n) is 3.71. The van der Waals surface area contributed by atoms with Crippen molar-refractivity contribution in [2.75, 3.05) is 19.8 Å². The summed E-state index contributed by atoms with van der Waals surface area (Å²) in [6, 6.07) is 4.76. The Kier molecular flexibility index (Phi) is 6.30. The molecule has 1 amide bonds. The summed E-state index contributed by atoms with van der Waals surface area (Å²) in [6.45, 7) is 1.80. The monoisotopic (exact) mass is 331 g/mol. The van der Waals surface area contributed by atoms with E-state index in [9.17, 15) is 9.90 Å². The average Bonchev–Trinajstić information content (AvgIpc) is 2.50. The minimum absolute atomic E-state index is 0.255. The number of hydrogen-bond donors (Lipinski definition) is 2. The second kappa shape index (κ2) is 7.99. The van der Waals surface area contributed by atoms with E-state index in [1.807, 2.05) is 0 Å². The van der Waals surface area contributed by atoms with Gasteiger partial charge < -0.3 is 15.2 Å². The van der Waals surface area contributed by atoms with Crippen LogP contribution < -0.4 is 5.32 Å². The first-order valence-corrected chi connectivity index (χ1v) is 7.82. The Balaban J connectivity index is 1.79. The number of hydrogen-bond acceptors (Lipinski definition) is 3. The lowest BCUT2D eigenvalue weighted by Crippen LogP contribution is -2.32. The van der Waals surface area contributed by atoms with Crippen LogP contribution in [0.5, 0.6) is 0 Å². The Bertz CT molecular complexity index is 490. The molecule has 116 valence electrons. The molecule has 1 heterocycles. The summed E-state index contributed by atoms with van der Waals surface area (Å²) in [5, 5.41) is 13.7. The molecule has 0 unspecified atom stereocenters. The number of ether oxygens (including phenoxy) is 1. The van der Waals surface area contributed by atoms with Crippen molar-refractivity contribution >= 4 is 29.1 Å². The Morgan fingerprint density at radius 2 is 2.10 bits per heavy atom. The highest BCUT2D eigenvalue weighted by molar-refractivity contribution is 6.35. The standard InChI is InChI=1S/C15H19Cl2NO3/c16-11-1-2-13(17)12(9-11)15(20)18-6-3-14(19)10-4-7-21-8-5-10/h1-2,9-10,14,19H,3-8H2,(H,18,20)/t14-/m0/s1. The van der Waals surface area contributed by atoms with E-state index in [1.165, 1.54) is 6.07 Å². The highest BCUT2D eigenvalue weighted by Gasteiger charge is 2.22. The smallest absolute Gasteiger partial charge is 0.252 e. The number of amides is 1. The fraction of sp³-hybridized carbons (Fsp3) is 0.533. The van der Waals surface area contributed by atoms with E-state index in [1.54, 1.807) is 12.1 Å². The molecule has 1 aliphatic heterocycles. The first-order chi connectivity index (χ1) is 10.1. The molecule has 0 bridgehead atoms. The van der Waals surface area contributed by atoms with Gasteiger partial charge in [-0.05, 0) is 43.4 Å². The van der Waals surface area contributed by atoms with Gasteiger partial charge in [-0.1, -0.05) is 23.2 Å². The van der Waals surface area contributed by atoms with Crippen molar-refractivity contribution in [3.05, 3.63) is 33.8 Å². The molecule has 1 aromatic rings. The van der Waals surface area contributed by atoms with Gasteiger partial charge in [-0.15, -0.1) is 0 Å². The van der Waals surface area contributed by atoms with Crippen LogP contribution >= 0.6 is 23.2 Å². The van der Waals surface area contributed by atoms with Crippen molar-refractivity contribution < 1.29 is 14.6 Å². The number of aliphatic hydroxyl groups excluding tert-OH is 1. The Hall–Kier alpha value is -0.810. The van der Waals surface area contributed by atoms with Crippen LogP contribution in [0.3, 0.4) is 0 Å². The SMILES string of the molecule is O=C(NCC[C@H](O)C1CCOCC1)c1cc(Cl)ccc1Cl. The van der Waals surface area contributed by atoms with Gasteiger partial charge in [0.2, 0.25) is 0 Å². The Labute approximate surface area is 134 Å². The molecule has 0 saturated carbocycles. The van der Waals surface area contributed by atoms with Crippen LogP contribution in [0, 0.1) is 5.92 Å². The molecule has 0 spiro atoms. The molecule has 1 saturated heterocycles. The van der Waals surface area contributed by atoms with Crippen molar-refractivity contribution in [3.8, 4) is 0 Å². The van der Waals surface area contributed by atoms with Gasteiger partial charge in [-0.2, -0.15) is 0 Å². The summed E-state index contributed by atoms with van der Waals surface area (Å²) in [5.41, 5.74) is 0.352. The molecule has 1 fully saturated rings. The maximum absolute atomic E-state index is 12.0. The van der Waals surface area contributed by atoms with Gasteiger partial charge in [0, 0.05) is 24.8 Å². The molecule has 1 atom stereocenters. The van der Waals surface area contributed by atoms with Gasteiger partial charge in [0.05, 0.1) is 16.7 Å². The summed E-state index contributed by atoms with van der Waals surface area (Å²) in [5.74, 6) is -0.0212. The largest absolute Gasteiger partial charge is 0.393 e. The van der Waals surface area contributed by atoms with E-state index in [0.717, 1.165) is 12.8 Å². The third kappa shape index (κ3) is 4.85. The third-order valence-corrected chi connectivity index (χ3v) is 4.27. The maximum atomic E-state index is 12.0. The minimum atomic E-state index is -0.413. The summed E-state index contributed by atoms with van der Waals surface area (Å²) in [7, 11) is 0. The summed E-state index contributed by atoms with van der Waals surface area (Å²) in [6.07, 6.45) is 1.85. The topological polar surface area (TPSA) is 58.6 Å². The highest BCUT2D eigenvalue weighted by atomic mass is 35.5. The Morgan fingerprint density at radius 1 is 1.38 bits per heavy atom. The van der Waals surface area contributed by atoms with Crippen molar-refractivity contribution in [2.45, 2.75) is 25.4 Å². The highest BCUT2D eigenvalue weighted by Crippen LogP contribution is 2.22. The predicted octanol–water partition coefficient (Wildman–Crippen LogP) is 2.90. The normalized spacial score (nSPS) is 17.5. The molecule has 2 rings (SSSR count). The number of rotatable bonds is 5. The molecular weight excluding hydrogens is 313 g/mol. The molecule has 4 nitrogen and oxygen atoms in total. The van der Waals surface area contributed by atoms with Crippen LogP contribution in [-0.2, 0) is 4.74 Å². The van der Waals surface area contributed by atoms with Crippen LogP contribution in [-0.4, -0.2) is 36.9 Å². The number of nitrogens with one attached hydrogen (secondary N) is 1. The molecule has 21 heavy (non-hydrogen) atoms. The van der Waals surface area contributed by atoms with Gasteiger partial charge in [0.25, 0.3) is 5.91 Å². The van der Waals surface area contributed by atoms with Gasteiger partial charge in [0.1, 0.15) is 0 Å². The number of halogens is 2. The van der Waals surface area contributed by atoms with E-state index in [4.69, 9.17) is 27.9 Å². The number of carbonyl (C=O) groups excluding carboxylic acids is 1. The summed E-state index contributed by atoms with van der Waals surface area (Å²) < 4.78 is 5.27. The van der Waals surface area contributed by atoms with E-state index in [2.05, 4.69) is 5.32 Å². The van der Waals surface area contributed by atoms with E-state index in [-0.39, 0.29) is 11.8 Å². The number of aliphatic hydroxyl groups is 1. The molecule has 0 radical (unpaired) electrons. The lowest BCUT2D eigenvalue weighted by molar-refractivity contribution is 0.00528. The van der Waals surface area contributed by atoms with Gasteiger partial charge in [-0.25, -0.2) is 0 Å². The lowest BCUT2D eigenvalue weighted by Gasteiger charge is -2.26. The zero-order valence-electron chi connectivity index (χ0n) is 11.6. The second-order valence-corrected chi connectivity index (χ2v) is 6.03. The fourth-order valence-corrected chi connectivity index (χ4v) is 2.81. The van der Waals surface area contributed by atoms with E-state index >= 15 is 0 Å². The first-order valence-electron chi connectivity index (χ1n) is 7.07. The molecule has 1 aromatic carbocycles. The van der Waals surface area contributed by atoms with E-state index in [0.29, 0.717) is 41.8 Å². The average molecular weight is 332 g/mol. The molecular formula is C15H19Cl2NO3. The first kappa shape index (κ1) is 16.6. The molecule has 1 aliphatic rings. The number of benzene rings is 1. The maximum Gasteiger partial charge on any atom is 0.252 e. The van der Waals surface area contributed by atoms with Crippen LogP contribution in [0.15, 0.2) is 18.2 Å². The van der Waals surface area contributed by atoms with Crippen molar-refractivity contribution in [3.63, 3.8) is 0 Å². The van der Waals surface area contributed by atoms with Crippen LogP contribution in [0.2, 0.25) is 10.0 Å². The zero-order valence-corrected chi connectivity index (χ0v) is 13.2. The van der Waals surface area contributed by atoms with E-state index < -0.39 is 6.10 Å². The van der Waals surface area contributed by atoms with Crippen molar-refractivity contribution in [1.29, 1.82) is 0 Å². The van der Waals surface area contributed by atoms with Crippen molar-refractivity contribution in [1.82, 2.24) is 5.32 Å². The molecule has 6 heteroatoms. The second-order valence-electron chi connectivity index (χ2n) is 5.19. The van der Waals surface area contributed by atoms with Crippen LogP contribution in [0.4, 0.5) is 0 Å². The summed E-state index contributed by atoms with van der Waals surface area (Å²) >= 11 is 11.8. The Morgan fingerprint density at radius 3 is 2.81 bits per heavy atom. The van der Waals surface area contributed by atoms with Crippen LogP contribution in [0.25, 0.3) is 0 Å². The molecule has 2 N–H and O–H groups in total. The predicted molar refractivity (Wildman–Crippen MR) is 83.0 cm³/mol. The van der Waals surface area contributed by atoms with Gasteiger partial charge in [-0.3, -0.25) is 4.79 Å². The quantitative estimate of drug-likeness (QED) is 0.872. The summed E-state index contributed by atoms with van der Waals surface area (Å²) in [4.78, 5) is 12.0. The van der Waals surface area contributed by atoms with Gasteiger partial charge in [0.15, 0.2) is 0 Å². The van der Waals surface area contributed by atoms with Crippen LogP contribution in [0.1, 0.15) is 29.6 Å². The molecule has 0 aliphatic carbocycles. The molecule has 0 aromatic heterocycles. The zero-order chi connectivity index (χ0) is 15.2. The minimum Gasteiger partial charge on any atom is -0.393 e. The number of carbonyl (C=O) groups is 1. The fourth-order valence-electron chi connectivity index (χ4n) is 2.44.